The normalized spacial score (nSPS) is 12.0. The van der Waals surface area contributed by atoms with E-state index in [1.807, 2.05) is 47.8 Å². The Labute approximate surface area is 172 Å². The Kier molecular flexibility index (Phi) is 6.59. The van der Waals surface area contributed by atoms with E-state index in [1.54, 1.807) is 0 Å². The summed E-state index contributed by atoms with van der Waals surface area (Å²) in [6.07, 6.45) is 0.164. The lowest BCUT2D eigenvalue weighted by molar-refractivity contribution is -0.120. The molecule has 1 unspecified atom stereocenters. The highest BCUT2D eigenvalue weighted by Gasteiger charge is 2.21. The summed E-state index contributed by atoms with van der Waals surface area (Å²) in [6, 6.07) is 13.5. The zero-order chi connectivity index (χ0) is 20.1. The maximum Gasteiger partial charge on any atom is 0.228 e. The van der Waals surface area contributed by atoms with Crippen molar-refractivity contribution in [2.24, 2.45) is 0 Å². The summed E-state index contributed by atoms with van der Waals surface area (Å²) in [5, 5.41) is 8.29. The van der Waals surface area contributed by atoms with Crippen LogP contribution >= 0.6 is 22.7 Å². The molecule has 2 N–H and O–H groups in total. The van der Waals surface area contributed by atoms with E-state index in [1.165, 1.54) is 29.6 Å². The number of hydrogen-bond donors (Lipinski definition) is 2. The minimum atomic E-state index is -0.337. The topological polar surface area (TPSA) is 71.1 Å². The van der Waals surface area contributed by atoms with E-state index in [9.17, 15) is 9.59 Å². The first-order chi connectivity index (χ1) is 13.4. The number of benzene rings is 1. The number of rotatable bonds is 7. The maximum atomic E-state index is 12.6. The SMILES string of the molecule is CC(=O)NC(CC(=O)Nc1nc(-c2ccccc2)c(C(C)C)s1)c1cccs1. The van der Waals surface area contributed by atoms with Crippen LogP contribution in [-0.2, 0) is 9.59 Å². The number of nitrogens with zero attached hydrogens (tertiary/aromatic N) is 1. The molecule has 28 heavy (non-hydrogen) atoms. The summed E-state index contributed by atoms with van der Waals surface area (Å²) >= 11 is 3.02. The highest BCUT2D eigenvalue weighted by atomic mass is 32.1. The molecule has 3 aromatic rings. The van der Waals surface area contributed by atoms with Crippen LogP contribution in [0.4, 0.5) is 5.13 Å². The lowest BCUT2D eigenvalue weighted by Gasteiger charge is -2.15. The average Bonchev–Trinajstić information content (AvgIpc) is 3.31. The van der Waals surface area contributed by atoms with E-state index in [0.29, 0.717) is 11.0 Å². The molecule has 2 aromatic heterocycles. The van der Waals surface area contributed by atoms with Crippen LogP contribution in [0, 0.1) is 0 Å². The second-order valence-corrected chi connectivity index (χ2v) is 8.78. The summed E-state index contributed by atoms with van der Waals surface area (Å²) in [6.45, 7) is 5.70. The third-order valence-electron chi connectivity index (χ3n) is 4.12. The van der Waals surface area contributed by atoms with Gasteiger partial charge in [0.1, 0.15) is 0 Å². The fraction of sp³-hybridized carbons (Fsp3) is 0.286. The number of carbonyl (C=O) groups excluding carboxylic acids is 2. The van der Waals surface area contributed by atoms with Gasteiger partial charge in [-0.3, -0.25) is 9.59 Å². The molecule has 146 valence electrons. The maximum absolute atomic E-state index is 12.6. The van der Waals surface area contributed by atoms with E-state index < -0.39 is 0 Å². The molecular weight excluding hydrogens is 390 g/mol. The van der Waals surface area contributed by atoms with Crippen molar-refractivity contribution in [3.8, 4) is 11.3 Å². The summed E-state index contributed by atoms with van der Waals surface area (Å²) < 4.78 is 0. The highest BCUT2D eigenvalue weighted by molar-refractivity contribution is 7.16. The first kappa shape index (κ1) is 20.2. The van der Waals surface area contributed by atoms with Crippen molar-refractivity contribution in [1.82, 2.24) is 10.3 Å². The number of amides is 2. The van der Waals surface area contributed by atoms with Gasteiger partial charge in [-0.2, -0.15) is 0 Å². The van der Waals surface area contributed by atoms with Crippen molar-refractivity contribution in [3.05, 3.63) is 57.6 Å². The molecule has 0 aliphatic heterocycles. The van der Waals surface area contributed by atoms with Gasteiger partial charge in [-0.05, 0) is 17.4 Å². The predicted molar refractivity (Wildman–Crippen MR) is 116 cm³/mol. The van der Waals surface area contributed by atoms with Crippen LogP contribution in [0.3, 0.4) is 0 Å². The predicted octanol–water partition coefficient (Wildman–Crippen LogP) is 5.20. The first-order valence-corrected chi connectivity index (χ1v) is 10.8. The minimum absolute atomic E-state index is 0.158. The summed E-state index contributed by atoms with van der Waals surface area (Å²) in [5.74, 6) is -0.0265. The smallest absolute Gasteiger partial charge is 0.228 e. The summed E-state index contributed by atoms with van der Waals surface area (Å²) in [4.78, 5) is 30.9. The van der Waals surface area contributed by atoms with E-state index in [2.05, 4.69) is 29.5 Å². The zero-order valence-corrected chi connectivity index (χ0v) is 17.7. The van der Waals surface area contributed by atoms with Gasteiger partial charge in [0.25, 0.3) is 0 Å². The van der Waals surface area contributed by atoms with Crippen molar-refractivity contribution in [1.29, 1.82) is 0 Å². The van der Waals surface area contributed by atoms with Gasteiger partial charge >= 0.3 is 0 Å². The van der Waals surface area contributed by atoms with Crippen molar-refractivity contribution in [3.63, 3.8) is 0 Å². The molecule has 0 radical (unpaired) electrons. The molecule has 2 amide bonds. The minimum Gasteiger partial charge on any atom is -0.348 e. The Hall–Kier alpha value is -2.51. The Bertz CT molecular complexity index is 934. The second kappa shape index (κ2) is 9.12. The van der Waals surface area contributed by atoms with Gasteiger partial charge in [0.05, 0.1) is 18.2 Å². The van der Waals surface area contributed by atoms with Crippen LogP contribution in [-0.4, -0.2) is 16.8 Å². The third kappa shape index (κ3) is 5.05. The van der Waals surface area contributed by atoms with Crippen LogP contribution in [0.1, 0.15) is 48.9 Å². The molecule has 1 aromatic carbocycles. The largest absolute Gasteiger partial charge is 0.348 e. The monoisotopic (exact) mass is 413 g/mol. The highest BCUT2D eigenvalue weighted by Crippen LogP contribution is 2.36. The average molecular weight is 414 g/mol. The molecule has 1 atom stereocenters. The number of anilines is 1. The van der Waals surface area contributed by atoms with E-state index >= 15 is 0 Å². The lowest BCUT2D eigenvalue weighted by Crippen LogP contribution is -2.29. The van der Waals surface area contributed by atoms with Crippen LogP contribution in [0.15, 0.2) is 47.8 Å². The fourth-order valence-electron chi connectivity index (χ4n) is 2.89. The van der Waals surface area contributed by atoms with Crippen molar-refractivity contribution >= 4 is 39.6 Å². The standard InChI is InChI=1S/C21H23N3O2S2/c1-13(2)20-19(15-8-5-4-6-9-15)24-21(28-20)23-18(26)12-16(22-14(3)25)17-10-7-11-27-17/h4-11,13,16H,12H2,1-3H3,(H,22,25)(H,23,24,26). The van der Waals surface area contributed by atoms with E-state index in [0.717, 1.165) is 21.0 Å². The van der Waals surface area contributed by atoms with Gasteiger partial charge in [-0.15, -0.1) is 22.7 Å². The van der Waals surface area contributed by atoms with Gasteiger partial charge in [0.2, 0.25) is 11.8 Å². The first-order valence-electron chi connectivity index (χ1n) is 9.10. The van der Waals surface area contributed by atoms with Crippen molar-refractivity contribution < 1.29 is 9.59 Å². The lowest BCUT2D eigenvalue weighted by atomic mass is 10.1. The van der Waals surface area contributed by atoms with Crippen molar-refractivity contribution in [2.45, 2.75) is 39.2 Å². The molecule has 0 saturated carbocycles. The van der Waals surface area contributed by atoms with E-state index in [-0.39, 0.29) is 24.3 Å². The molecule has 0 aliphatic rings. The molecule has 0 aliphatic carbocycles. The number of thiophene rings is 1. The molecule has 0 saturated heterocycles. The Morgan fingerprint density at radius 2 is 1.86 bits per heavy atom. The van der Waals surface area contributed by atoms with Crippen LogP contribution in [0.5, 0.6) is 0 Å². The van der Waals surface area contributed by atoms with Gasteiger partial charge in [-0.25, -0.2) is 4.98 Å². The molecule has 0 fully saturated rings. The number of thiazole rings is 1. The molecule has 7 heteroatoms. The van der Waals surface area contributed by atoms with Gasteiger partial charge in [0.15, 0.2) is 5.13 Å². The number of carbonyl (C=O) groups is 2. The zero-order valence-electron chi connectivity index (χ0n) is 16.1. The quantitative estimate of drug-likeness (QED) is 0.559. The number of nitrogens with one attached hydrogen (secondary N) is 2. The van der Waals surface area contributed by atoms with Gasteiger partial charge in [-0.1, -0.05) is 50.2 Å². The fourth-order valence-corrected chi connectivity index (χ4v) is 4.68. The van der Waals surface area contributed by atoms with Crippen molar-refractivity contribution in [2.75, 3.05) is 5.32 Å². The van der Waals surface area contributed by atoms with Crippen LogP contribution < -0.4 is 10.6 Å². The summed E-state index contributed by atoms with van der Waals surface area (Å²) in [5.41, 5.74) is 1.95. The van der Waals surface area contributed by atoms with Gasteiger partial charge < -0.3 is 10.6 Å². The molecule has 0 spiro atoms. The van der Waals surface area contributed by atoms with Crippen LogP contribution in [0.2, 0.25) is 0 Å². The Balaban J connectivity index is 1.77. The second-order valence-electron chi connectivity index (χ2n) is 6.77. The van der Waals surface area contributed by atoms with E-state index in [4.69, 9.17) is 0 Å². The molecule has 2 heterocycles. The molecular formula is C21H23N3O2S2. The Morgan fingerprint density at radius 1 is 1.11 bits per heavy atom. The third-order valence-corrected chi connectivity index (χ3v) is 6.38. The Morgan fingerprint density at radius 3 is 2.46 bits per heavy atom. The molecule has 3 rings (SSSR count). The molecule has 0 bridgehead atoms. The van der Waals surface area contributed by atoms with Crippen LogP contribution in [0.25, 0.3) is 11.3 Å². The number of aromatic nitrogens is 1. The number of hydrogen-bond acceptors (Lipinski definition) is 5. The summed E-state index contributed by atoms with van der Waals surface area (Å²) in [7, 11) is 0. The van der Waals surface area contributed by atoms with Gasteiger partial charge in [0, 0.05) is 22.2 Å². The molecule has 5 nitrogen and oxygen atoms in total.